The van der Waals surface area contributed by atoms with E-state index < -0.39 is 8.32 Å². The molecule has 0 bridgehead atoms. The Morgan fingerprint density at radius 3 is 1.77 bits per heavy atom. The predicted molar refractivity (Wildman–Crippen MR) is 132 cm³/mol. The van der Waals surface area contributed by atoms with E-state index in [1.165, 1.54) is 10.4 Å². The average Bonchev–Trinajstić information content (AvgIpc) is 2.79. The second-order valence-corrected chi connectivity index (χ2v) is 13.1. The molecule has 0 amide bonds. The molecule has 0 N–H and O–H groups in total. The zero-order valence-electron chi connectivity index (χ0n) is 18.8. The van der Waals surface area contributed by atoms with Crippen LogP contribution in [0.15, 0.2) is 103 Å². The Bertz CT molecular complexity index is 934. The summed E-state index contributed by atoms with van der Waals surface area (Å²) in [6, 6.07) is 30.7. The highest BCUT2D eigenvalue weighted by molar-refractivity contribution is 6.99. The van der Waals surface area contributed by atoms with Crippen LogP contribution < -0.4 is 10.4 Å². The predicted octanol–water partition coefficient (Wildman–Crippen LogP) is 6.13. The Kier molecular flexibility index (Phi) is 7.64. The first-order valence-electron chi connectivity index (χ1n) is 11.0. The largest absolute Gasteiger partial charge is 0.540 e. The number of benzene rings is 3. The smallest absolute Gasteiger partial charge is 0.319 e. The van der Waals surface area contributed by atoms with Crippen LogP contribution in [0.1, 0.15) is 50.4 Å². The molecule has 0 fully saturated rings. The molecule has 0 heterocycles. The molecule has 0 atom stereocenters. The monoisotopic (exact) mass is 428 g/mol. The molecule has 0 unspecified atom stereocenters. The van der Waals surface area contributed by atoms with Crippen LogP contribution in [0, 0.1) is 0 Å². The second kappa shape index (κ2) is 10.4. The molecule has 31 heavy (non-hydrogen) atoms. The number of carbonyl (C=O) groups is 1. The molecule has 0 saturated heterocycles. The van der Waals surface area contributed by atoms with Crippen LogP contribution in [-0.2, 0) is 4.43 Å². The van der Waals surface area contributed by atoms with Gasteiger partial charge in [-0.25, -0.2) is 0 Å². The Labute approximate surface area is 187 Å². The first-order chi connectivity index (χ1) is 14.9. The van der Waals surface area contributed by atoms with Crippen molar-refractivity contribution in [3.63, 3.8) is 0 Å². The van der Waals surface area contributed by atoms with E-state index >= 15 is 0 Å². The molecule has 0 aliphatic heterocycles. The van der Waals surface area contributed by atoms with Crippen LogP contribution in [0.25, 0.3) is 0 Å². The number of carbonyl (C=O) groups excluding carboxylic acids is 1. The van der Waals surface area contributed by atoms with Crippen LogP contribution >= 0.6 is 0 Å². The van der Waals surface area contributed by atoms with Crippen molar-refractivity contribution >= 4 is 24.5 Å². The molecule has 3 aromatic carbocycles. The summed E-state index contributed by atoms with van der Waals surface area (Å²) in [5.74, 6) is 0.196. The van der Waals surface area contributed by atoms with Gasteiger partial charge in [-0.05, 0) is 28.3 Å². The number of hydrogen-bond acceptors (Lipinski definition) is 2. The molecule has 0 aliphatic carbocycles. The van der Waals surface area contributed by atoms with Gasteiger partial charge in [-0.15, -0.1) is 0 Å². The Hall–Kier alpha value is -2.91. The number of allylic oxidation sites excluding steroid dienone is 1. The third-order valence-electron chi connectivity index (χ3n) is 5.63. The van der Waals surface area contributed by atoms with E-state index in [4.69, 9.17) is 4.43 Å². The van der Waals surface area contributed by atoms with E-state index in [1.54, 1.807) is 0 Å². The van der Waals surface area contributed by atoms with Gasteiger partial charge in [-0.2, -0.15) is 0 Å². The second-order valence-electron chi connectivity index (χ2n) is 8.83. The lowest BCUT2D eigenvalue weighted by Gasteiger charge is -2.41. The standard InChI is InChI=1S/C28H32O2Si/c1-28(2,3)31(25-18-10-5-11-19-25,26-20-12-6-13-21-26)30-23-15-7-14-22-27(29)24-16-8-4-9-17-24/h4-6,8-13,15-21,23H,7,14,22H2,1-3H3/b23-15-. The number of unbranched alkanes of at least 4 members (excludes halogenated alkanes) is 1. The van der Waals surface area contributed by atoms with E-state index in [1.807, 2.05) is 36.6 Å². The number of Topliss-reactive ketones (excluding diaryl/α,β-unsaturated/α-hetero) is 1. The summed E-state index contributed by atoms with van der Waals surface area (Å²) >= 11 is 0. The summed E-state index contributed by atoms with van der Waals surface area (Å²) in [5, 5.41) is 2.47. The summed E-state index contributed by atoms with van der Waals surface area (Å²) in [6.45, 7) is 6.81. The zero-order chi connectivity index (χ0) is 22.2. The lowest BCUT2D eigenvalue weighted by atomic mass is 10.1. The summed E-state index contributed by atoms with van der Waals surface area (Å²) in [5.41, 5.74) is 0.787. The van der Waals surface area contributed by atoms with E-state index in [-0.39, 0.29) is 10.8 Å². The number of rotatable bonds is 9. The van der Waals surface area contributed by atoms with E-state index in [0.29, 0.717) is 6.42 Å². The first kappa shape index (κ1) is 22.8. The Morgan fingerprint density at radius 1 is 0.806 bits per heavy atom. The van der Waals surface area contributed by atoms with Crippen molar-refractivity contribution < 1.29 is 9.22 Å². The molecular formula is C28H32O2Si. The highest BCUT2D eigenvalue weighted by Crippen LogP contribution is 2.36. The fourth-order valence-corrected chi connectivity index (χ4v) is 8.37. The lowest BCUT2D eigenvalue weighted by molar-refractivity contribution is 0.0980. The van der Waals surface area contributed by atoms with E-state index in [2.05, 4.69) is 87.5 Å². The van der Waals surface area contributed by atoms with Gasteiger partial charge in [-0.1, -0.05) is 118 Å². The summed E-state index contributed by atoms with van der Waals surface area (Å²) in [4.78, 5) is 12.3. The maximum atomic E-state index is 12.3. The van der Waals surface area contributed by atoms with Crippen LogP contribution in [0.3, 0.4) is 0 Å². The van der Waals surface area contributed by atoms with Crippen LogP contribution in [-0.4, -0.2) is 14.1 Å². The van der Waals surface area contributed by atoms with Crippen molar-refractivity contribution in [2.45, 2.75) is 45.1 Å². The van der Waals surface area contributed by atoms with Crippen molar-refractivity contribution in [2.75, 3.05) is 0 Å². The Balaban J connectivity index is 1.74. The topological polar surface area (TPSA) is 26.3 Å². The molecule has 0 spiro atoms. The molecule has 0 radical (unpaired) electrons. The molecule has 3 rings (SSSR count). The molecule has 0 aromatic heterocycles. The summed E-state index contributed by atoms with van der Waals surface area (Å²) in [6.07, 6.45) is 6.13. The van der Waals surface area contributed by atoms with E-state index in [0.717, 1.165) is 18.4 Å². The molecule has 2 nitrogen and oxygen atoms in total. The average molecular weight is 429 g/mol. The third kappa shape index (κ3) is 5.42. The fraction of sp³-hybridized carbons (Fsp3) is 0.250. The molecule has 0 saturated carbocycles. The van der Waals surface area contributed by atoms with Gasteiger partial charge in [-0.3, -0.25) is 4.79 Å². The van der Waals surface area contributed by atoms with Crippen molar-refractivity contribution in [1.29, 1.82) is 0 Å². The highest BCUT2D eigenvalue weighted by Gasteiger charge is 2.51. The van der Waals surface area contributed by atoms with Crippen LogP contribution in [0.2, 0.25) is 5.04 Å². The van der Waals surface area contributed by atoms with E-state index in [9.17, 15) is 4.79 Å². The normalized spacial score (nSPS) is 12.1. The minimum absolute atomic E-state index is 0.0523. The lowest BCUT2D eigenvalue weighted by Crippen LogP contribution is -2.65. The summed E-state index contributed by atoms with van der Waals surface area (Å²) < 4.78 is 6.73. The van der Waals surface area contributed by atoms with Gasteiger partial charge in [0.05, 0.1) is 6.26 Å². The van der Waals surface area contributed by atoms with Gasteiger partial charge in [0, 0.05) is 12.0 Å². The minimum atomic E-state index is -2.54. The van der Waals surface area contributed by atoms with Crippen molar-refractivity contribution in [2.24, 2.45) is 0 Å². The maximum Gasteiger partial charge on any atom is 0.319 e. The zero-order valence-corrected chi connectivity index (χ0v) is 19.8. The quantitative estimate of drug-likeness (QED) is 0.177. The molecule has 0 aliphatic rings. The van der Waals surface area contributed by atoms with Crippen molar-refractivity contribution in [3.05, 3.63) is 109 Å². The van der Waals surface area contributed by atoms with Gasteiger partial charge in [0.15, 0.2) is 5.78 Å². The number of ketones is 1. The molecule has 160 valence electrons. The Morgan fingerprint density at radius 2 is 1.29 bits per heavy atom. The molecular weight excluding hydrogens is 396 g/mol. The van der Waals surface area contributed by atoms with Crippen LogP contribution in [0.5, 0.6) is 0 Å². The SMILES string of the molecule is CC(C)(C)[Si](O/C=C\CCCC(=O)c1ccccc1)(c1ccccc1)c1ccccc1. The third-order valence-corrected chi connectivity index (χ3v) is 10.5. The van der Waals surface area contributed by atoms with Gasteiger partial charge >= 0.3 is 8.32 Å². The van der Waals surface area contributed by atoms with Crippen molar-refractivity contribution in [1.82, 2.24) is 0 Å². The fourth-order valence-electron chi connectivity index (χ4n) is 4.06. The molecule has 3 aromatic rings. The van der Waals surface area contributed by atoms with Gasteiger partial charge in [0.1, 0.15) is 0 Å². The number of hydrogen-bond donors (Lipinski definition) is 0. The molecule has 3 heteroatoms. The van der Waals surface area contributed by atoms with Crippen LogP contribution in [0.4, 0.5) is 0 Å². The maximum absolute atomic E-state index is 12.3. The van der Waals surface area contributed by atoms with Gasteiger partial charge in [0.25, 0.3) is 0 Å². The first-order valence-corrected chi connectivity index (χ1v) is 12.9. The highest BCUT2D eigenvalue weighted by atomic mass is 28.4. The van der Waals surface area contributed by atoms with Crippen molar-refractivity contribution in [3.8, 4) is 0 Å². The van der Waals surface area contributed by atoms with Gasteiger partial charge in [0.2, 0.25) is 0 Å². The minimum Gasteiger partial charge on any atom is -0.540 e. The summed E-state index contributed by atoms with van der Waals surface area (Å²) in [7, 11) is -2.54. The van der Waals surface area contributed by atoms with Gasteiger partial charge < -0.3 is 4.43 Å².